The van der Waals surface area contributed by atoms with Gasteiger partial charge in [0.25, 0.3) is 0 Å². The van der Waals surface area contributed by atoms with Gasteiger partial charge < -0.3 is 24.8 Å². The Hall–Kier alpha value is -3.52. The Bertz CT molecular complexity index is 2480. The summed E-state index contributed by atoms with van der Waals surface area (Å²) >= 11 is 1.74. The van der Waals surface area contributed by atoms with Crippen molar-refractivity contribution >= 4 is 48.5 Å². The fourth-order valence-corrected chi connectivity index (χ4v) is 7.57. The first-order valence-electron chi connectivity index (χ1n) is 17.9. The molecule has 0 N–H and O–H groups in total. The molecule has 0 amide bonds. The topological polar surface area (TPSA) is 0 Å². The van der Waals surface area contributed by atoms with Crippen molar-refractivity contribution in [2.24, 2.45) is 0 Å². The summed E-state index contributed by atoms with van der Waals surface area (Å²) in [5, 5.41) is 10.8. The van der Waals surface area contributed by atoms with Crippen molar-refractivity contribution in [3.63, 3.8) is 0 Å². The van der Waals surface area contributed by atoms with E-state index in [2.05, 4.69) is 179 Å². The van der Waals surface area contributed by atoms with Crippen LogP contribution in [0.5, 0.6) is 0 Å². The first kappa shape index (κ1) is 39.7. The van der Waals surface area contributed by atoms with E-state index < -0.39 is 0 Å². The molecule has 0 aliphatic heterocycles. The van der Waals surface area contributed by atoms with Crippen LogP contribution in [0, 0.1) is 13.8 Å². The summed E-state index contributed by atoms with van der Waals surface area (Å²) < 4.78 is 0. The Morgan fingerprint density at radius 3 is 1.71 bits per heavy atom. The van der Waals surface area contributed by atoms with Crippen LogP contribution in [0.2, 0.25) is 13.1 Å². The van der Waals surface area contributed by atoms with E-state index in [0.717, 1.165) is 0 Å². The van der Waals surface area contributed by atoms with E-state index in [4.69, 9.17) is 0 Å². The minimum atomic E-state index is 0. The van der Waals surface area contributed by atoms with Gasteiger partial charge in [0.05, 0.1) is 0 Å². The molecule has 1 unspecified atom stereocenters. The van der Waals surface area contributed by atoms with Crippen LogP contribution in [-0.2, 0) is 23.3 Å². The molecular formula is C48H44Cl2SiZr-2. The largest absolute Gasteiger partial charge is 1.00 e. The van der Waals surface area contributed by atoms with Gasteiger partial charge in [-0.3, -0.25) is 0 Å². The maximum absolute atomic E-state index is 2.44. The molecule has 0 nitrogen and oxygen atoms in total. The average Bonchev–Trinajstić information content (AvgIpc) is 3.76. The molecule has 0 spiro atoms. The zero-order chi connectivity index (χ0) is 34.6. The second kappa shape index (κ2) is 18.0. The molecule has 0 radical (unpaired) electrons. The summed E-state index contributed by atoms with van der Waals surface area (Å²) in [5.74, 6) is 0.678. The Morgan fingerprint density at radius 1 is 0.577 bits per heavy atom. The van der Waals surface area contributed by atoms with Gasteiger partial charge in [-0.2, -0.15) is 12.1 Å². The van der Waals surface area contributed by atoms with Crippen molar-refractivity contribution < 1.29 is 48.1 Å². The molecule has 0 heterocycles. The minimum absolute atomic E-state index is 0. The molecule has 8 aromatic carbocycles. The summed E-state index contributed by atoms with van der Waals surface area (Å²) in [6.07, 6.45) is 8.33. The molecule has 52 heavy (non-hydrogen) atoms. The Balaban J connectivity index is 0.000000178. The van der Waals surface area contributed by atoms with Crippen molar-refractivity contribution in [3.05, 3.63) is 168 Å². The molecule has 1 aliphatic carbocycles. The van der Waals surface area contributed by atoms with Crippen molar-refractivity contribution in [2.75, 3.05) is 0 Å². The third-order valence-corrected chi connectivity index (χ3v) is 9.92. The zero-order valence-electron chi connectivity index (χ0n) is 30.4. The predicted molar refractivity (Wildman–Crippen MR) is 218 cm³/mol. The van der Waals surface area contributed by atoms with Gasteiger partial charge in [-0.05, 0) is 57.9 Å². The van der Waals surface area contributed by atoms with Crippen molar-refractivity contribution in [1.29, 1.82) is 0 Å². The normalized spacial score (nSPS) is 13.5. The van der Waals surface area contributed by atoms with Crippen LogP contribution in [0.15, 0.2) is 152 Å². The predicted octanol–water partition coefficient (Wildman–Crippen LogP) is 7.99. The molecule has 0 bridgehead atoms. The molecule has 1 atom stereocenters. The first-order chi connectivity index (χ1) is 24.4. The average molecular weight is 811 g/mol. The van der Waals surface area contributed by atoms with E-state index in [1.165, 1.54) is 101 Å². The smallest absolute Gasteiger partial charge is 0.0114 e. The third-order valence-electron chi connectivity index (χ3n) is 9.92. The van der Waals surface area contributed by atoms with Crippen LogP contribution in [0.4, 0.5) is 0 Å². The van der Waals surface area contributed by atoms with E-state index in [1.54, 1.807) is 23.3 Å². The van der Waals surface area contributed by atoms with Gasteiger partial charge in [0.15, 0.2) is 0 Å². The molecule has 0 fully saturated rings. The summed E-state index contributed by atoms with van der Waals surface area (Å²) in [6.45, 7) is 8.98. The van der Waals surface area contributed by atoms with E-state index in [-0.39, 0.29) is 30.2 Å². The summed E-state index contributed by atoms with van der Waals surface area (Å²) in [4.78, 5) is 0. The number of halogens is 2. The van der Waals surface area contributed by atoms with Gasteiger partial charge in [0.1, 0.15) is 0 Å². The van der Waals surface area contributed by atoms with Gasteiger partial charge in [0.2, 0.25) is 0 Å². The van der Waals surface area contributed by atoms with Crippen LogP contribution in [0.25, 0.3) is 65.3 Å². The van der Waals surface area contributed by atoms with Crippen LogP contribution in [0.1, 0.15) is 41.9 Å². The standard InChI is InChI=1S/C25H21.C21H17.C2H6Si.2ClH.Zr/c1-2-8-18(9-3-1)21-16-20-12-7-15-24(25(20)17-21)23-14-6-11-19-10-4-5-13-22(19)23;1-14-12-20-15(2)10-11-19(21(20)13-14)18-9-5-7-16-6-3-4-8-17(16)18;1-3-2;;;/h1-2,4-7,10-18H,3,8-9H2;3-13H,1-2H3;1-2H3;2*1H;/q2*-1;;;;+2/p-2. The maximum atomic E-state index is 2.44. The van der Waals surface area contributed by atoms with Crippen LogP contribution >= 0.6 is 0 Å². The van der Waals surface area contributed by atoms with Crippen LogP contribution < -0.4 is 24.8 Å². The molecular weight excluding hydrogens is 767 g/mol. The Labute approximate surface area is 336 Å². The van der Waals surface area contributed by atoms with Crippen LogP contribution in [0.3, 0.4) is 0 Å². The van der Waals surface area contributed by atoms with Gasteiger partial charge in [-0.1, -0.05) is 134 Å². The van der Waals surface area contributed by atoms with Crippen molar-refractivity contribution in [3.8, 4) is 22.3 Å². The van der Waals surface area contributed by atoms with Gasteiger partial charge in [-0.25, -0.2) is 0 Å². The number of hydrogen-bond donors (Lipinski definition) is 0. The van der Waals surface area contributed by atoms with Gasteiger partial charge in [-0.15, -0.1) is 68.6 Å². The fraction of sp³-hybridized carbons (Fsp3) is 0.167. The fourth-order valence-electron chi connectivity index (χ4n) is 7.57. The quantitative estimate of drug-likeness (QED) is 0.0966. The monoisotopic (exact) mass is 808 g/mol. The number of aryl methyl sites for hydroxylation is 2. The van der Waals surface area contributed by atoms with Gasteiger partial charge >= 0.3 is 41.9 Å². The molecule has 1 aliphatic rings. The zero-order valence-corrected chi connectivity index (χ0v) is 35.4. The maximum Gasteiger partial charge on any atom is -0.0114 e. The molecule has 8 aromatic rings. The number of allylic oxidation sites excluding steroid dienone is 2. The Kier molecular flexibility index (Phi) is 13.7. The summed E-state index contributed by atoms with van der Waals surface area (Å²) in [7, 11) is 0. The minimum Gasteiger partial charge on any atom is -1.00 e. The molecule has 0 saturated carbocycles. The second-order valence-corrected chi connectivity index (χ2v) is 23.3. The second-order valence-electron chi connectivity index (χ2n) is 13.9. The number of rotatable bonds is 3. The summed E-state index contributed by atoms with van der Waals surface area (Å²) in [5.41, 5.74) is 9.75. The number of benzene rings is 6. The van der Waals surface area contributed by atoms with Crippen LogP contribution in [-0.4, -0.2) is 5.43 Å². The molecule has 0 saturated heterocycles. The number of hydrogen-bond acceptors (Lipinski definition) is 0. The van der Waals surface area contributed by atoms with Gasteiger partial charge in [0, 0.05) is 0 Å². The molecule has 9 rings (SSSR count). The van der Waals surface area contributed by atoms with Crippen molar-refractivity contribution in [1.82, 2.24) is 0 Å². The van der Waals surface area contributed by atoms with E-state index in [0.29, 0.717) is 5.92 Å². The van der Waals surface area contributed by atoms with Crippen molar-refractivity contribution in [2.45, 2.75) is 52.1 Å². The SMILES string of the molecule is C1=CCC(c2cc3c(-c4cccc5ccccc45)cccc3[cH-]2)CC1.C[Si](C)=[Zr+2].Cc1cc2c(-c3cccc4ccccc34)ccc(C)c2[cH-]1.[Cl-].[Cl-]. The third kappa shape index (κ3) is 8.64. The number of fused-ring (bicyclic) bond motifs is 4. The summed E-state index contributed by atoms with van der Waals surface area (Å²) in [6, 6.07) is 51.2. The Morgan fingerprint density at radius 2 is 1.12 bits per heavy atom. The molecule has 4 heteroatoms. The molecule has 260 valence electrons. The van der Waals surface area contributed by atoms with E-state index in [1.807, 2.05) is 0 Å². The first-order valence-corrected chi connectivity index (χ1v) is 24.0. The van der Waals surface area contributed by atoms with E-state index in [9.17, 15) is 0 Å². The van der Waals surface area contributed by atoms with E-state index >= 15 is 0 Å². The molecule has 0 aromatic heterocycles.